The van der Waals surface area contributed by atoms with Crippen LogP contribution in [0.2, 0.25) is 0 Å². The summed E-state index contributed by atoms with van der Waals surface area (Å²) in [6, 6.07) is 8.26. The van der Waals surface area contributed by atoms with Gasteiger partial charge in [0.15, 0.2) is 5.75 Å². The molecule has 4 aromatic rings. The normalized spacial score (nSPS) is 13.3. The van der Waals surface area contributed by atoms with E-state index in [1.807, 2.05) is 6.07 Å². The third kappa shape index (κ3) is 3.30. The number of benzene rings is 2. The van der Waals surface area contributed by atoms with Crippen molar-refractivity contribution >= 4 is 16.8 Å². The summed E-state index contributed by atoms with van der Waals surface area (Å²) in [4.78, 5) is 18.7. The van der Waals surface area contributed by atoms with Crippen molar-refractivity contribution in [1.82, 2.24) is 20.1 Å². The Morgan fingerprint density at radius 3 is 2.65 bits per heavy atom. The van der Waals surface area contributed by atoms with Crippen LogP contribution in [0.1, 0.15) is 44.4 Å². The number of hydrogen-bond acceptors (Lipinski definition) is 6. The van der Waals surface area contributed by atoms with Gasteiger partial charge < -0.3 is 14.4 Å². The summed E-state index contributed by atoms with van der Waals surface area (Å²) in [5, 5.41) is 19.6. The van der Waals surface area contributed by atoms with Crippen molar-refractivity contribution in [2.75, 3.05) is 7.05 Å². The van der Waals surface area contributed by atoms with Crippen molar-refractivity contribution in [2.24, 2.45) is 0 Å². The maximum Gasteiger partial charge on any atom is 0.258 e. The number of hydrogen-bond donors (Lipinski definition) is 1. The van der Waals surface area contributed by atoms with Crippen LogP contribution in [0.15, 0.2) is 40.9 Å². The van der Waals surface area contributed by atoms with Crippen molar-refractivity contribution in [1.29, 1.82) is 0 Å². The molecule has 8 heteroatoms. The minimum atomic E-state index is -0.285. The molecular formula is C23H19FN4O3. The van der Waals surface area contributed by atoms with Crippen LogP contribution < -0.4 is 0 Å². The molecule has 0 aliphatic carbocycles. The molecule has 0 atom stereocenters. The molecule has 0 saturated carbocycles. The standard InChI is InChI=1S/C23H19FN4O3/c1-12-26-27-19(31-12)9-16-17-8-14(7-13-3-5-15(24)6-4-13)10-25-21(17)22(29)20-18(16)11-28(2)23(20)30/h3-6,8,10,29H,7,9,11H2,1-2H3. The van der Waals surface area contributed by atoms with Gasteiger partial charge in [-0.15, -0.1) is 10.2 Å². The number of fused-ring (bicyclic) bond motifs is 2. The van der Waals surface area contributed by atoms with E-state index in [4.69, 9.17) is 4.42 Å². The van der Waals surface area contributed by atoms with Crippen LogP contribution in [0.25, 0.3) is 10.9 Å². The molecule has 3 heterocycles. The predicted molar refractivity (Wildman–Crippen MR) is 110 cm³/mol. The second-order valence-corrected chi connectivity index (χ2v) is 7.78. The van der Waals surface area contributed by atoms with Gasteiger partial charge in [-0.3, -0.25) is 9.78 Å². The van der Waals surface area contributed by atoms with Gasteiger partial charge in [-0.1, -0.05) is 12.1 Å². The minimum Gasteiger partial charge on any atom is -0.505 e. The summed E-state index contributed by atoms with van der Waals surface area (Å²) in [6.45, 7) is 2.10. The molecule has 0 bridgehead atoms. The van der Waals surface area contributed by atoms with E-state index in [-0.39, 0.29) is 23.0 Å². The fourth-order valence-corrected chi connectivity index (χ4v) is 4.10. The van der Waals surface area contributed by atoms with Crippen molar-refractivity contribution in [3.8, 4) is 5.75 Å². The zero-order valence-corrected chi connectivity index (χ0v) is 17.0. The third-order valence-corrected chi connectivity index (χ3v) is 5.57. The molecule has 1 N–H and O–H groups in total. The zero-order chi connectivity index (χ0) is 21.7. The molecule has 1 aliphatic heterocycles. The molecule has 5 rings (SSSR count). The SMILES string of the molecule is Cc1nnc(Cc2c3c(c(O)c4ncc(Cc5ccc(F)cc5)cc24)C(=O)N(C)C3)o1. The van der Waals surface area contributed by atoms with Crippen LogP contribution in [-0.4, -0.2) is 38.1 Å². The van der Waals surface area contributed by atoms with Gasteiger partial charge in [0, 0.05) is 32.1 Å². The fraction of sp³-hybridized carbons (Fsp3) is 0.217. The summed E-state index contributed by atoms with van der Waals surface area (Å²) in [5.74, 6) is 0.246. The molecule has 0 fully saturated rings. The van der Waals surface area contributed by atoms with Gasteiger partial charge in [0.1, 0.15) is 11.3 Å². The number of aryl methyl sites for hydroxylation is 1. The van der Waals surface area contributed by atoms with Gasteiger partial charge in [-0.25, -0.2) is 4.39 Å². The first-order valence-electron chi connectivity index (χ1n) is 9.85. The molecule has 2 aromatic carbocycles. The molecule has 1 amide bonds. The lowest BCUT2D eigenvalue weighted by Gasteiger charge is -2.13. The number of phenols is 1. The van der Waals surface area contributed by atoms with E-state index >= 15 is 0 Å². The molecule has 31 heavy (non-hydrogen) atoms. The Morgan fingerprint density at radius 2 is 1.94 bits per heavy atom. The van der Waals surface area contributed by atoms with Crippen LogP contribution in [0.4, 0.5) is 4.39 Å². The number of carbonyl (C=O) groups is 1. The van der Waals surface area contributed by atoms with Gasteiger partial charge in [0.05, 0.1) is 12.0 Å². The quantitative estimate of drug-likeness (QED) is 0.545. The van der Waals surface area contributed by atoms with E-state index in [1.54, 1.807) is 37.2 Å². The largest absolute Gasteiger partial charge is 0.505 e. The number of rotatable bonds is 4. The topological polar surface area (TPSA) is 92.3 Å². The van der Waals surface area contributed by atoms with E-state index in [9.17, 15) is 14.3 Å². The second-order valence-electron chi connectivity index (χ2n) is 7.78. The van der Waals surface area contributed by atoms with Crippen LogP contribution in [0, 0.1) is 12.7 Å². The smallest absolute Gasteiger partial charge is 0.258 e. The van der Waals surface area contributed by atoms with Crippen LogP contribution in [0.5, 0.6) is 5.75 Å². The van der Waals surface area contributed by atoms with E-state index in [1.165, 1.54) is 12.1 Å². The molecule has 7 nitrogen and oxygen atoms in total. The number of carbonyl (C=O) groups excluding carboxylic acids is 1. The number of nitrogens with zero attached hydrogens (tertiary/aromatic N) is 4. The monoisotopic (exact) mass is 418 g/mol. The Hall–Kier alpha value is -3.81. The van der Waals surface area contributed by atoms with E-state index in [2.05, 4.69) is 15.2 Å². The van der Waals surface area contributed by atoms with Gasteiger partial charge >= 0.3 is 0 Å². The Labute approximate surface area is 177 Å². The Balaban J connectivity index is 1.68. The Bertz CT molecular complexity index is 1330. The zero-order valence-electron chi connectivity index (χ0n) is 17.0. The molecule has 156 valence electrons. The predicted octanol–water partition coefficient (Wildman–Crippen LogP) is 3.54. The van der Waals surface area contributed by atoms with E-state index < -0.39 is 0 Å². The highest BCUT2D eigenvalue weighted by Crippen LogP contribution is 2.40. The second kappa shape index (κ2) is 7.16. The number of pyridine rings is 1. The van der Waals surface area contributed by atoms with Crippen molar-refractivity contribution in [3.05, 3.63) is 81.9 Å². The highest BCUT2D eigenvalue weighted by atomic mass is 19.1. The lowest BCUT2D eigenvalue weighted by atomic mass is 9.93. The fourth-order valence-electron chi connectivity index (χ4n) is 4.10. The number of aromatic nitrogens is 3. The van der Waals surface area contributed by atoms with Gasteiger partial charge in [0.25, 0.3) is 5.91 Å². The lowest BCUT2D eigenvalue weighted by Crippen LogP contribution is -2.17. The van der Waals surface area contributed by atoms with E-state index in [0.717, 1.165) is 27.6 Å². The summed E-state index contributed by atoms with van der Waals surface area (Å²) < 4.78 is 18.8. The summed E-state index contributed by atoms with van der Waals surface area (Å²) >= 11 is 0. The van der Waals surface area contributed by atoms with Crippen molar-refractivity contribution < 1.29 is 18.7 Å². The average molecular weight is 418 g/mol. The number of aromatic hydroxyl groups is 1. The molecular weight excluding hydrogens is 399 g/mol. The third-order valence-electron chi connectivity index (χ3n) is 5.57. The average Bonchev–Trinajstić information content (AvgIpc) is 3.29. The molecule has 0 unspecified atom stereocenters. The summed E-state index contributed by atoms with van der Waals surface area (Å²) in [5.41, 5.74) is 4.05. The van der Waals surface area contributed by atoms with Gasteiger partial charge in [-0.05, 0) is 46.9 Å². The molecule has 0 saturated heterocycles. The Kier molecular flexibility index (Phi) is 4.43. The number of phenolic OH excluding ortho intramolecular Hbond substituents is 1. The lowest BCUT2D eigenvalue weighted by molar-refractivity contribution is 0.0814. The first-order chi connectivity index (χ1) is 14.9. The molecule has 0 radical (unpaired) electrons. The number of halogens is 1. The summed E-state index contributed by atoms with van der Waals surface area (Å²) in [7, 11) is 1.69. The van der Waals surface area contributed by atoms with Crippen LogP contribution in [0.3, 0.4) is 0 Å². The molecule has 2 aromatic heterocycles. The van der Waals surface area contributed by atoms with Crippen molar-refractivity contribution in [3.63, 3.8) is 0 Å². The maximum atomic E-state index is 13.2. The first kappa shape index (κ1) is 19.2. The minimum absolute atomic E-state index is 0.113. The molecule has 1 aliphatic rings. The van der Waals surface area contributed by atoms with E-state index in [0.29, 0.717) is 36.7 Å². The van der Waals surface area contributed by atoms with Crippen LogP contribution in [-0.2, 0) is 19.4 Å². The maximum absolute atomic E-state index is 13.2. The number of amides is 1. The van der Waals surface area contributed by atoms with Crippen LogP contribution >= 0.6 is 0 Å². The summed E-state index contributed by atoms with van der Waals surface area (Å²) in [6.07, 6.45) is 2.54. The first-order valence-corrected chi connectivity index (χ1v) is 9.85. The highest BCUT2D eigenvalue weighted by molar-refractivity contribution is 6.07. The van der Waals surface area contributed by atoms with Crippen molar-refractivity contribution in [2.45, 2.75) is 26.3 Å². The highest BCUT2D eigenvalue weighted by Gasteiger charge is 2.33. The van der Waals surface area contributed by atoms with Gasteiger partial charge in [0.2, 0.25) is 11.8 Å². The van der Waals surface area contributed by atoms with Gasteiger partial charge in [-0.2, -0.15) is 0 Å². The molecule has 0 spiro atoms. The Morgan fingerprint density at radius 1 is 1.16 bits per heavy atom.